The third-order valence-corrected chi connectivity index (χ3v) is 3.98. The van der Waals surface area contributed by atoms with Crippen LogP contribution in [0.2, 0.25) is 0 Å². The van der Waals surface area contributed by atoms with Crippen LogP contribution in [0.1, 0.15) is 28.4 Å². The van der Waals surface area contributed by atoms with Gasteiger partial charge in [-0.1, -0.05) is 54.1 Å². The summed E-state index contributed by atoms with van der Waals surface area (Å²) in [5.41, 5.74) is 4.30. The van der Waals surface area contributed by atoms with Crippen LogP contribution < -0.4 is 10.6 Å². The molecule has 0 bridgehead atoms. The Bertz CT molecular complexity index is 723. The normalized spacial score (nSPS) is 11.6. The monoisotopic (exact) mass is 351 g/mol. The van der Waals surface area contributed by atoms with E-state index in [-0.39, 0.29) is 5.91 Å². The molecule has 2 aromatic rings. The van der Waals surface area contributed by atoms with Crippen molar-refractivity contribution in [3.8, 4) is 0 Å². The summed E-state index contributed by atoms with van der Waals surface area (Å²) < 4.78 is 0. The number of amides is 1. The van der Waals surface area contributed by atoms with E-state index in [0.29, 0.717) is 12.1 Å². The van der Waals surface area contributed by atoms with Gasteiger partial charge in [-0.2, -0.15) is 0 Å². The van der Waals surface area contributed by atoms with Gasteiger partial charge in [-0.15, -0.1) is 0 Å². The van der Waals surface area contributed by atoms with Crippen molar-refractivity contribution >= 4 is 12.0 Å². The highest BCUT2D eigenvalue weighted by molar-refractivity contribution is 5.94. The van der Waals surface area contributed by atoms with Crippen molar-refractivity contribution < 1.29 is 4.79 Å². The van der Waals surface area contributed by atoms with Gasteiger partial charge in [0.2, 0.25) is 0 Å². The van der Waals surface area contributed by atoms with Crippen molar-refractivity contribution in [1.82, 2.24) is 15.5 Å². The molecule has 0 unspecified atom stereocenters. The smallest absolute Gasteiger partial charge is 0.251 e. The zero-order valence-corrected chi connectivity index (χ0v) is 16.0. The average Bonchev–Trinajstić information content (AvgIpc) is 2.62. The molecular formula is C22H29N3O. The fourth-order valence-electron chi connectivity index (χ4n) is 2.61. The van der Waals surface area contributed by atoms with Crippen molar-refractivity contribution in [1.29, 1.82) is 0 Å². The minimum Gasteiger partial charge on any atom is -0.351 e. The Morgan fingerprint density at radius 2 is 1.85 bits per heavy atom. The Labute approximate surface area is 156 Å². The predicted molar refractivity (Wildman–Crippen MR) is 109 cm³/mol. The van der Waals surface area contributed by atoms with Crippen LogP contribution in [0.4, 0.5) is 0 Å². The van der Waals surface area contributed by atoms with Crippen molar-refractivity contribution in [3.63, 3.8) is 0 Å². The summed E-state index contributed by atoms with van der Waals surface area (Å²) in [4.78, 5) is 14.3. The van der Waals surface area contributed by atoms with Gasteiger partial charge < -0.3 is 15.5 Å². The van der Waals surface area contributed by atoms with Crippen molar-refractivity contribution in [2.24, 2.45) is 0 Å². The number of hydrogen-bond donors (Lipinski definition) is 2. The zero-order chi connectivity index (χ0) is 18.8. The number of nitrogens with one attached hydrogen (secondary N) is 2. The van der Waals surface area contributed by atoms with Crippen molar-refractivity contribution in [2.75, 3.05) is 33.7 Å². The summed E-state index contributed by atoms with van der Waals surface area (Å²) in [7, 11) is 3.99. The van der Waals surface area contributed by atoms with Crippen LogP contribution >= 0.6 is 0 Å². The Morgan fingerprint density at radius 3 is 2.58 bits per heavy atom. The maximum atomic E-state index is 12.2. The van der Waals surface area contributed by atoms with Gasteiger partial charge in [0, 0.05) is 31.7 Å². The number of nitrogens with zero attached hydrogens (tertiary/aromatic N) is 1. The molecule has 2 rings (SSSR count). The van der Waals surface area contributed by atoms with Crippen LogP contribution in [0.3, 0.4) is 0 Å². The zero-order valence-electron chi connectivity index (χ0n) is 16.0. The lowest BCUT2D eigenvalue weighted by Crippen LogP contribution is -2.31. The van der Waals surface area contributed by atoms with Gasteiger partial charge >= 0.3 is 0 Å². The lowest BCUT2D eigenvalue weighted by Gasteiger charge is -2.11. The van der Waals surface area contributed by atoms with Crippen LogP contribution in [-0.2, 0) is 6.54 Å². The molecule has 0 saturated carbocycles. The number of carbonyl (C=O) groups excluding carboxylic acids is 1. The molecule has 4 heteroatoms. The molecule has 0 aromatic heterocycles. The van der Waals surface area contributed by atoms with Gasteiger partial charge in [-0.3, -0.25) is 4.79 Å². The third-order valence-electron chi connectivity index (χ3n) is 3.98. The molecule has 0 fully saturated rings. The first-order valence-electron chi connectivity index (χ1n) is 8.99. The third kappa shape index (κ3) is 7.21. The number of benzene rings is 2. The predicted octanol–water partition coefficient (Wildman–Crippen LogP) is 3.17. The largest absolute Gasteiger partial charge is 0.351 e. The lowest BCUT2D eigenvalue weighted by molar-refractivity contribution is 0.0951. The Hall–Kier alpha value is -2.43. The van der Waals surface area contributed by atoms with Crippen LogP contribution in [0, 0.1) is 0 Å². The SMILES string of the molecule is C/C(=C\c1ccccc1)CNCc1cccc(C(=O)NCCN(C)C)c1. The Morgan fingerprint density at radius 1 is 1.08 bits per heavy atom. The minimum absolute atomic E-state index is 0.0196. The van der Waals surface area contributed by atoms with E-state index in [9.17, 15) is 4.79 Å². The van der Waals surface area contributed by atoms with E-state index in [1.54, 1.807) is 0 Å². The molecule has 0 aliphatic rings. The van der Waals surface area contributed by atoms with Crippen molar-refractivity contribution in [3.05, 3.63) is 76.9 Å². The molecule has 26 heavy (non-hydrogen) atoms. The second-order valence-corrected chi connectivity index (χ2v) is 6.76. The van der Waals surface area contributed by atoms with Crippen LogP contribution in [0.25, 0.3) is 6.08 Å². The molecule has 2 N–H and O–H groups in total. The first-order valence-corrected chi connectivity index (χ1v) is 8.99. The maximum Gasteiger partial charge on any atom is 0.251 e. The van der Waals surface area contributed by atoms with E-state index in [1.807, 2.05) is 61.5 Å². The van der Waals surface area contributed by atoms with Gasteiger partial charge in [-0.25, -0.2) is 0 Å². The topological polar surface area (TPSA) is 44.4 Å². The van der Waals surface area contributed by atoms with E-state index in [1.165, 1.54) is 11.1 Å². The molecule has 138 valence electrons. The van der Waals surface area contributed by atoms with E-state index < -0.39 is 0 Å². The van der Waals surface area contributed by atoms with Crippen LogP contribution in [0.15, 0.2) is 60.2 Å². The Balaban J connectivity index is 1.82. The average molecular weight is 351 g/mol. The summed E-state index contributed by atoms with van der Waals surface area (Å²) in [6.07, 6.45) is 2.18. The summed E-state index contributed by atoms with van der Waals surface area (Å²) in [6, 6.07) is 18.1. The summed E-state index contributed by atoms with van der Waals surface area (Å²) >= 11 is 0. The molecule has 0 radical (unpaired) electrons. The van der Waals surface area contributed by atoms with Crippen molar-refractivity contribution in [2.45, 2.75) is 13.5 Å². The second kappa shape index (κ2) is 10.5. The molecule has 1 amide bonds. The fraction of sp³-hybridized carbons (Fsp3) is 0.318. The first-order chi connectivity index (χ1) is 12.5. The highest BCUT2D eigenvalue weighted by Gasteiger charge is 2.05. The molecule has 4 nitrogen and oxygen atoms in total. The fourth-order valence-corrected chi connectivity index (χ4v) is 2.61. The second-order valence-electron chi connectivity index (χ2n) is 6.76. The van der Waals surface area contributed by atoms with E-state index in [0.717, 1.165) is 25.2 Å². The maximum absolute atomic E-state index is 12.2. The van der Waals surface area contributed by atoms with Crippen LogP contribution in [-0.4, -0.2) is 44.5 Å². The van der Waals surface area contributed by atoms with Gasteiger partial charge in [0.05, 0.1) is 0 Å². The van der Waals surface area contributed by atoms with Crippen LogP contribution in [0.5, 0.6) is 0 Å². The highest BCUT2D eigenvalue weighted by Crippen LogP contribution is 2.07. The minimum atomic E-state index is -0.0196. The molecule has 0 atom stereocenters. The lowest BCUT2D eigenvalue weighted by atomic mass is 10.1. The van der Waals surface area contributed by atoms with Gasteiger partial charge in [-0.05, 0) is 44.3 Å². The summed E-state index contributed by atoms with van der Waals surface area (Å²) in [6.45, 7) is 5.15. The molecule has 0 saturated heterocycles. The number of hydrogen-bond acceptors (Lipinski definition) is 3. The molecular weight excluding hydrogens is 322 g/mol. The van der Waals surface area contributed by atoms with E-state index in [2.05, 4.69) is 35.8 Å². The van der Waals surface area contributed by atoms with E-state index >= 15 is 0 Å². The summed E-state index contributed by atoms with van der Waals surface area (Å²) in [5, 5.41) is 6.39. The number of likely N-dealkylation sites (N-methyl/N-ethyl adjacent to an activating group) is 1. The quantitative estimate of drug-likeness (QED) is 0.729. The summed E-state index contributed by atoms with van der Waals surface area (Å²) in [5.74, 6) is -0.0196. The molecule has 0 aliphatic heterocycles. The van der Waals surface area contributed by atoms with E-state index in [4.69, 9.17) is 0 Å². The molecule has 0 heterocycles. The molecule has 0 spiro atoms. The van der Waals surface area contributed by atoms with Gasteiger partial charge in [0.25, 0.3) is 5.91 Å². The first kappa shape index (κ1) is 19.9. The van der Waals surface area contributed by atoms with Gasteiger partial charge in [0.15, 0.2) is 0 Å². The molecule has 2 aromatic carbocycles. The standard InChI is InChI=1S/C22H29N3O/c1-18(14-19-8-5-4-6-9-19)16-23-17-20-10-7-11-21(15-20)22(26)24-12-13-25(2)3/h4-11,14-15,23H,12-13,16-17H2,1-3H3,(H,24,26)/b18-14+. The number of rotatable bonds is 9. The van der Waals surface area contributed by atoms with Gasteiger partial charge in [0.1, 0.15) is 0 Å². The number of carbonyl (C=O) groups is 1. The Kier molecular flexibility index (Phi) is 8.06. The highest BCUT2D eigenvalue weighted by atomic mass is 16.1. The molecule has 0 aliphatic carbocycles.